The van der Waals surface area contributed by atoms with Crippen LogP contribution in [0.3, 0.4) is 0 Å². The van der Waals surface area contributed by atoms with E-state index < -0.39 is 0 Å². The number of nitrogens with one attached hydrogen (secondary N) is 1. The number of para-hydroxylation sites is 1. The zero-order valence-corrected chi connectivity index (χ0v) is 17.3. The summed E-state index contributed by atoms with van der Waals surface area (Å²) in [5.74, 6) is 2.05. The van der Waals surface area contributed by atoms with Gasteiger partial charge in [-0.2, -0.15) is 0 Å². The van der Waals surface area contributed by atoms with Crippen LogP contribution in [0.5, 0.6) is 11.5 Å². The topological polar surface area (TPSA) is 50.8 Å². The second-order valence-corrected chi connectivity index (χ2v) is 7.41. The Morgan fingerprint density at radius 2 is 1.53 bits per heavy atom. The Kier molecular flexibility index (Phi) is 5.89. The van der Waals surface area contributed by atoms with Gasteiger partial charge >= 0.3 is 0 Å². The maximum absolute atomic E-state index is 13.3. The quantitative estimate of drug-likeness (QED) is 0.625. The first-order valence-electron chi connectivity index (χ1n) is 10.1. The van der Waals surface area contributed by atoms with Crippen molar-refractivity contribution in [3.8, 4) is 11.5 Å². The number of hydrogen-bond acceptors (Lipinski definition) is 4. The maximum Gasteiger partial charge on any atom is 0.255 e. The molecule has 0 spiro atoms. The van der Waals surface area contributed by atoms with Crippen LogP contribution in [0.2, 0.25) is 0 Å². The molecule has 1 unspecified atom stereocenters. The fourth-order valence-electron chi connectivity index (χ4n) is 3.87. The molecule has 30 heavy (non-hydrogen) atoms. The lowest BCUT2D eigenvalue weighted by Crippen LogP contribution is -2.29. The summed E-state index contributed by atoms with van der Waals surface area (Å²) < 4.78 is 10.5. The van der Waals surface area contributed by atoms with E-state index >= 15 is 0 Å². The second-order valence-electron chi connectivity index (χ2n) is 7.41. The van der Waals surface area contributed by atoms with Crippen LogP contribution in [-0.2, 0) is 0 Å². The number of likely N-dealkylation sites (tertiary alicyclic amines) is 1. The summed E-state index contributed by atoms with van der Waals surface area (Å²) in [6, 6.07) is 23.5. The van der Waals surface area contributed by atoms with Crippen LogP contribution in [0.4, 0.5) is 11.4 Å². The third-order valence-corrected chi connectivity index (χ3v) is 5.59. The summed E-state index contributed by atoms with van der Waals surface area (Å²) in [6.45, 7) is 1.48. The van der Waals surface area contributed by atoms with E-state index in [4.69, 9.17) is 9.47 Å². The Balaban J connectivity index is 1.48. The Hall–Kier alpha value is -3.47. The molecule has 3 aromatic rings. The van der Waals surface area contributed by atoms with Crippen molar-refractivity contribution >= 4 is 17.3 Å². The normalized spacial score (nSPS) is 15.7. The van der Waals surface area contributed by atoms with E-state index in [1.165, 1.54) is 5.56 Å². The van der Waals surface area contributed by atoms with E-state index in [9.17, 15) is 4.79 Å². The lowest BCUT2D eigenvalue weighted by Gasteiger charge is -2.19. The van der Waals surface area contributed by atoms with Crippen molar-refractivity contribution in [2.75, 3.05) is 32.6 Å². The molecule has 0 radical (unpaired) electrons. The van der Waals surface area contributed by atoms with Crippen LogP contribution in [0.1, 0.15) is 28.3 Å². The summed E-state index contributed by atoms with van der Waals surface area (Å²) in [5, 5.41) is 3.37. The van der Waals surface area contributed by atoms with Crippen LogP contribution in [0.25, 0.3) is 0 Å². The van der Waals surface area contributed by atoms with Crippen molar-refractivity contribution in [3.63, 3.8) is 0 Å². The third kappa shape index (κ3) is 4.25. The largest absolute Gasteiger partial charge is 0.497 e. The number of rotatable bonds is 6. The molecule has 1 N–H and O–H groups in total. The highest BCUT2D eigenvalue weighted by Gasteiger charge is 2.29. The number of methoxy groups -OCH3 is 2. The van der Waals surface area contributed by atoms with E-state index in [2.05, 4.69) is 17.4 Å². The molecule has 1 amide bonds. The molecule has 3 aromatic carbocycles. The number of hydrogen-bond donors (Lipinski definition) is 1. The maximum atomic E-state index is 13.3. The lowest BCUT2D eigenvalue weighted by molar-refractivity contribution is 0.0792. The minimum absolute atomic E-state index is 0.0580. The smallest absolute Gasteiger partial charge is 0.255 e. The first-order chi connectivity index (χ1) is 14.7. The number of carbonyl (C=O) groups excluding carboxylic acids is 1. The molecule has 5 heteroatoms. The van der Waals surface area contributed by atoms with Crippen LogP contribution in [-0.4, -0.2) is 38.1 Å². The van der Waals surface area contributed by atoms with E-state index in [0.717, 1.165) is 42.4 Å². The number of anilines is 2. The molecule has 5 nitrogen and oxygen atoms in total. The molecule has 0 aromatic heterocycles. The summed E-state index contributed by atoms with van der Waals surface area (Å²) in [5.41, 5.74) is 3.65. The van der Waals surface area contributed by atoms with Crippen LogP contribution in [0, 0.1) is 0 Å². The van der Waals surface area contributed by atoms with Gasteiger partial charge in [-0.1, -0.05) is 24.3 Å². The minimum Gasteiger partial charge on any atom is -0.497 e. The fraction of sp³-hybridized carbons (Fsp3) is 0.240. The molecule has 1 aliphatic heterocycles. The van der Waals surface area contributed by atoms with Gasteiger partial charge in [0.2, 0.25) is 0 Å². The van der Waals surface area contributed by atoms with Gasteiger partial charge < -0.3 is 19.7 Å². The van der Waals surface area contributed by atoms with Crippen molar-refractivity contribution in [1.29, 1.82) is 0 Å². The molecule has 0 saturated carbocycles. The molecule has 1 fully saturated rings. The number of ether oxygens (including phenoxy) is 2. The molecular weight excluding hydrogens is 376 g/mol. The lowest BCUT2D eigenvalue weighted by atomic mass is 9.98. The molecule has 1 aliphatic rings. The van der Waals surface area contributed by atoms with Gasteiger partial charge in [-0.15, -0.1) is 0 Å². The van der Waals surface area contributed by atoms with Gasteiger partial charge in [0.05, 0.1) is 25.5 Å². The van der Waals surface area contributed by atoms with Gasteiger partial charge in [0.15, 0.2) is 0 Å². The van der Waals surface area contributed by atoms with E-state index in [1.807, 2.05) is 65.6 Å². The second kappa shape index (κ2) is 8.91. The number of carbonyl (C=O) groups is 1. The predicted octanol–water partition coefficient (Wildman–Crippen LogP) is 5.08. The Labute approximate surface area is 177 Å². The molecule has 0 aliphatic carbocycles. The Morgan fingerprint density at radius 1 is 0.900 bits per heavy atom. The first kappa shape index (κ1) is 19.8. The molecule has 1 atom stereocenters. The first-order valence-corrected chi connectivity index (χ1v) is 10.1. The zero-order chi connectivity index (χ0) is 20.9. The molecule has 154 valence electrons. The standard InChI is InChI=1S/C25H26N2O3/c1-29-21-11-7-18(8-12-21)19-15-16-27(17-19)25(28)23-5-3-4-6-24(23)26-20-9-13-22(30-2)14-10-20/h3-14,19,26H,15-17H2,1-2H3. The Bertz CT molecular complexity index is 1000. The van der Waals surface area contributed by atoms with Crippen LogP contribution >= 0.6 is 0 Å². The van der Waals surface area contributed by atoms with Gasteiger partial charge in [0, 0.05) is 24.7 Å². The average Bonchev–Trinajstić information content (AvgIpc) is 3.30. The molecule has 0 bridgehead atoms. The van der Waals surface area contributed by atoms with E-state index in [-0.39, 0.29) is 5.91 Å². The molecule has 1 saturated heterocycles. The zero-order valence-electron chi connectivity index (χ0n) is 17.3. The van der Waals surface area contributed by atoms with E-state index in [1.54, 1.807) is 14.2 Å². The predicted molar refractivity (Wildman–Crippen MR) is 119 cm³/mol. The third-order valence-electron chi connectivity index (χ3n) is 5.59. The number of benzene rings is 3. The highest BCUT2D eigenvalue weighted by molar-refractivity contribution is 6.00. The van der Waals surface area contributed by atoms with Crippen molar-refractivity contribution in [3.05, 3.63) is 83.9 Å². The summed E-state index contributed by atoms with van der Waals surface area (Å²) >= 11 is 0. The van der Waals surface area contributed by atoms with Crippen molar-refractivity contribution < 1.29 is 14.3 Å². The number of amides is 1. The van der Waals surface area contributed by atoms with Crippen molar-refractivity contribution in [2.24, 2.45) is 0 Å². The van der Waals surface area contributed by atoms with Crippen molar-refractivity contribution in [1.82, 2.24) is 4.90 Å². The summed E-state index contributed by atoms with van der Waals surface area (Å²) in [4.78, 5) is 15.2. The van der Waals surface area contributed by atoms with Gasteiger partial charge in [-0.05, 0) is 60.5 Å². The summed E-state index contributed by atoms with van der Waals surface area (Å²) in [6.07, 6.45) is 0.964. The van der Waals surface area contributed by atoms with Gasteiger partial charge in [0.1, 0.15) is 11.5 Å². The molecule has 4 rings (SSSR count). The van der Waals surface area contributed by atoms with Crippen molar-refractivity contribution in [2.45, 2.75) is 12.3 Å². The highest BCUT2D eigenvalue weighted by Crippen LogP contribution is 2.31. The van der Waals surface area contributed by atoms with Crippen LogP contribution in [0.15, 0.2) is 72.8 Å². The fourth-order valence-corrected chi connectivity index (χ4v) is 3.87. The molecule has 1 heterocycles. The van der Waals surface area contributed by atoms with Gasteiger partial charge in [-0.25, -0.2) is 0 Å². The monoisotopic (exact) mass is 402 g/mol. The average molecular weight is 402 g/mol. The number of nitrogens with zero attached hydrogens (tertiary/aromatic N) is 1. The summed E-state index contributed by atoms with van der Waals surface area (Å²) in [7, 11) is 3.31. The van der Waals surface area contributed by atoms with Gasteiger partial charge in [0.25, 0.3) is 5.91 Å². The van der Waals surface area contributed by atoms with Gasteiger partial charge in [-0.3, -0.25) is 4.79 Å². The highest BCUT2D eigenvalue weighted by atomic mass is 16.5. The Morgan fingerprint density at radius 3 is 2.20 bits per heavy atom. The SMILES string of the molecule is COc1ccc(Nc2ccccc2C(=O)N2CCC(c3ccc(OC)cc3)C2)cc1. The minimum atomic E-state index is 0.0580. The van der Waals surface area contributed by atoms with Crippen LogP contribution < -0.4 is 14.8 Å². The van der Waals surface area contributed by atoms with E-state index in [0.29, 0.717) is 11.5 Å². The molecular formula is C25H26N2O3.